The lowest BCUT2D eigenvalue weighted by Crippen LogP contribution is -2.42. The van der Waals surface area contributed by atoms with Crippen LogP contribution in [0, 0.1) is 11.8 Å². The van der Waals surface area contributed by atoms with Gasteiger partial charge in [-0.2, -0.15) is 4.98 Å². The molecule has 1 aromatic heterocycles. The van der Waals surface area contributed by atoms with Crippen molar-refractivity contribution < 1.29 is 14.7 Å². The highest BCUT2D eigenvalue weighted by atomic mass is 16.4. The van der Waals surface area contributed by atoms with Crippen molar-refractivity contribution in [2.45, 2.75) is 26.2 Å². The van der Waals surface area contributed by atoms with Gasteiger partial charge in [-0.25, -0.2) is 0 Å². The summed E-state index contributed by atoms with van der Waals surface area (Å²) in [5, 5.41) is 15.0. The first-order chi connectivity index (χ1) is 9.47. The second-order valence-corrected chi connectivity index (χ2v) is 5.27. The van der Waals surface area contributed by atoms with Gasteiger partial charge in [-0.1, -0.05) is 6.92 Å². The molecular formula is C12H19N5O3. The number of nitrogens with zero attached hydrogens (tertiary/aromatic N) is 3. The average molecular weight is 281 g/mol. The van der Waals surface area contributed by atoms with Crippen molar-refractivity contribution in [3.8, 4) is 0 Å². The molecule has 1 fully saturated rings. The fourth-order valence-electron chi connectivity index (χ4n) is 2.62. The van der Waals surface area contributed by atoms with Gasteiger partial charge in [0, 0.05) is 19.5 Å². The van der Waals surface area contributed by atoms with Crippen molar-refractivity contribution in [2.24, 2.45) is 11.8 Å². The Kier molecular flexibility index (Phi) is 4.21. The molecule has 8 nitrogen and oxygen atoms in total. The Labute approximate surface area is 116 Å². The minimum Gasteiger partial charge on any atom is -0.481 e. The van der Waals surface area contributed by atoms with Crippen molar-refractivity contribution in [2.75, 3.05) is 18.8 Å². The van der Waals surface area contributed by atoms with Gasteiger partial charge in [0.15, 0.2) is 0 Å². The minimum absolute atomic E-state index is 0.0427. The third kappa shape index (κ3) is 3.25. The summed E-state index contributed by atoms with van der Waals surface area (Å²) in [7, 11) is 0. The molecule has 1 amide bonds. The number of carbonyl (C=O) groups excluding carboxylic acids is 1. The van der Waals surface area contributed by atoms with E-state index in [9.17, 15) is 9.59 Å². The quantitative estimate of drug-likeness (QED) is 0.731. The number of aromatic amines is 1. The number of carboxylic acid groups (broad SMARTS) is 1. The Bertz CT molecular complexity index is 501. The predicted octanol–water partition coefficient (Wildman–Crippen LogP) is 0.350. The fourth-order valence-corrected chi connectivity index (χ4v) is 2.62. The number of piperidine rings is 1. The largest absolute Gasteiger partial charge is 0.481 e. The van der Waals surface area contributed by atoms with E-state index in [0.29, 0.717) is 13.1 Å². The Hall–Kier alpha value is -2.12. The highest BCUT2D eigenvalue weighted by Crippen LogP contribution is 2.26. The van der Waals surface area contributed by atoms with E-state index >= 15 is 0 Å². The number of carbonyl (C=O) groups is 2. The lowest BCUT2D eigenvalue weighted by atomic mass is 9.84. The second kappa shape index (κ2) is 5.89. The van der Waals surface area contributed by atoms with Crippen LogP contribution in [0.3, 0.4) is 0 Å². The molecule has 0 spiro atoms. The Morgan fingerprint density at radius 3 is 2.95 bits per heavy atom. The number of hydrogen-bond acceptors (Lipinski definition) is 5. The molecule has 0 bridgehead atoms. The van der Waals surface area contributed by atoms with Gasteiger partial charge in [-0.05, 0) is 24.7 Å². The summed E-state index contributed by atoms with van der Waals surface area (Å²) in [4.78, 5) is 28.5. The number of nitrogen functional groups attached to an aromatic ring is 1. The zero-order chi connectivity index (χ0) is 14.7. The van der Waals surface area contributed by atoms with Crippen LogP contribution in [0.5, 0.6) is 0 Å². The highest BCUT2D eigenvalue weighted by Gasteiger charge is 2.29. The summed E-state index contributed by atoms with van der Waals surface area (Å²) in [6.07, 6.45) is 1.93. The molecule has 2 unspecified atom stereocenters. The number of H-pyrrole nitrogens is 1. The maximum absolute atomic E-state index is 12.2. The van der Waals surface area contributed by atoms with Gasteiger partial charge < -0.3 is 15.7 Å². The summed E-state index contributed by atoms with van der Waals surface area (Å²) in [6.45, 7) is 3.11. The smallest absolute Gasteiger partial charge is 0.303 e. The van der Waals surface area contributed by atoms with Crippen LogP contribution < -0.4 is 5.73 Å². The van der Waals surface area contributed by atoms with E-state index in [2.05, 4.69) is 15.2 Å². The van der Waals surface area contributed by atoms with Crippen LogP contribution in [-0.2, 0) is 4.79 Å². The predicted molar refractivity (Wildman–Crippen MR) is 70.8 cm³/mol. The molecule has 1 aliphatic heterocycles. The fraction of sp³-hybridized carbons (Fsp3) is 0.667. The summed E-state index contributed by atoms with van der Waals surface area (Å²) in [5.41, 5.74) is 5.39. The van der Waals surface area contributed by atoms with Crippen LogP contribution in [0.15, 0.2) is 0 Å². The second-order valence-electron chi connectivity index (χ2n) is 5.27. The Morgan fingerprint density at radius 2 is 2.35 bits per heavy atom. The van der Waals surface area contributed by atoms with E-state index in [4.69, 9.17) is 10.8 Å². The summed E-state index contributed by atoms with van der Waals surface area (Å²) in [5.74, 6) is -0.618. The molecule has 0 saturated carbocycles. The van der Waals surface area contributed by atoms with E-state index in [1.54, 1.807) is 4.90 Å². The molecule has 2 heterocycles. The number of aliphatic carboxylic acids is 1. The van der Waals surface area contributed by atoms with E-state index < -0.39 is 5.97 Å². The number of nitrogens with one attached hydrogen (secondary N) is 1. The van der Waals surface area contributed by atoms with Gasteiger partial charge in [0.2, 0.25) is 11.8 Å². The van der Waals surface area contributed by atoms with Crippen molar-refractivity contribution in [1.29, 1.82) is 0 Å². The molecule has 4 N–H and O–H groups in total. The standard InChI is InChI=1S/C12H19N5O3/c1-7(5-9(18)19)8-3-2-4-17(6-8)11(20)10-14-12(13)16-15-10/h7-8H,2-6H2,1H3,(H,18,19)(H3,13,14,15,16). The summed E-state index contributed by atoms with van der Waals surface area (Å²) < 4.78 is 0. The molecular weight excluding hydrogens is 262 g/mol. The number of amides is 1. The molecule has 8 heteroatoms. The third-order valence-electron chi connectivity index (χ3n) is 3.75. The summed E-state index contributed by atoms with van der Waals surface area (Å²) in [6, 6.07) is 0. The average Bonchev–Trinajstić information content (AvgIpc) is 2.84. The highest BCUT2D eigenvalue weighted by molar-refractivity contribution is 5.90. The first kappa shape index (κ1) is 14.3. The number of hydrogen-bond donors (Lipinski definition) is 3. The zero-order valence-corrected chi connectivity index (χ0v) is 11.4. The normalized spacial score (nSPS) is 20.6. The molecule has 2 rings (SSSR count). The van der Waals surface area contributed by atoms with E-state index in [-0.39, 0.29) is 35.9 Å². The van der Waals surface area contributed by atoms with Gasteiger partial charge in [0.1, 0.15) is 0 Å². The number of nitrogens with two attached hydrogens (primary N) is 1. The topological polar surface area (TPSA) is 125 Å². The molecule has 2 atom stereocenters. The molecule has 0 aliphatic carbocycles. The third-order valence-corrected chi connectivity index (χ3v) is 3.75. The van der Waals surface area contributed by atoms with E-state index in [1.807, 2.05) is 6.92 Å². The summed E-state index contributed by atoms with van der Waals surface area (Å²) >= 11 is 0. The number of carboxylic acids is 1. The molecule has 110 valence electrons. The monoisotopic (exact) mass is 281 g/mol. The van der Waals surface area contributed by atoms with Crippen molar-refractivity contribution >= 4 is 17.8 Å². The lowest BCUT2D eigenvalue weighted by molar-refractivity contribution is -0.138. The van der Waals surface area contributed by atoms with Crippen LogP contribution in [0.4, 0.5) is 5.95 Å². The van der Waals surface area contributed by atoms with Crippen molar-refractivity contribution in [3.63, 3.8) is 0 Å². The molecule has 1 saturated heterocycles. The van der Waals surface area contributed by atoms with Crippen LogP contribution in [0.1, 0.15) is 36.8 Å². The van der Waals surface area contributed by atoms with Crippen LogP contribution >= 0.6 is 0 Å². The number of anilines is 1. The van der Waals surface area contributed by atoms with Gasteiger partial charge >= 0.3 is 5.97 Å². The van der Waals surface area contributed by atoms with Gasteiger partial charge in [-0.3, -0.25) is 14.7 Å². The molecule has 0 radical (unpaired) electrons. The Morgan fingerprint density at radius 1 is 1.60 bits per heavy atom. The molecule has 1 aromatic rings. The van der Waals surface area contributed by atoms with Crippen LogP contribution in [0.25, 0.3) is 0 Å². The lowest BCUT2D eigenvalue weighted by Gasteiger charge is -2.35. The van der Waals surface area contributed by atoms with E-state index in [1.165, 1.54) is 0 Å². The number of aromatic nitrogens is 3. The first-order valence-corrected chi connectivity index (χ1v) is 6.66. The van der Waals surface area contributed by atoms with Crippen molar-refractivity contribution in [1.82, 2.24) is 20.1 Å². The molecule has 1 aliphatic rings. The molecule has 20 heavy (non-hydrogen) atoms. The maximum atomic E-state index is 12.2. The SMILES string of the molecule is CC(CC(=O)O)C1CCCN(C(=O)c2nc(N)n[nH]2)C1. The van der Waals surface area contributed by atoms with Crippen LogP contribution in [-0.4, -0.2) is 50.2 Å². The van der Waals surface area contributed by atoms with Crippen molar-refractivity contribution in [3.05, 3.63) is 5.82 Å². The Balaban J connectivity index is 1.99. The van der Waals surface area contributed by atoms with Crippen LogP contribution in [0.2, 0.25) is 0 Å². The molecule has 0 aromatic carbocycles. The van der Waals surface area contributed by atoms with Gasteiger partial charge in [-0.15, -0.1) is 5.10 Å². The van der Waals surface area contributed by atoms with Gasteiger partial charge in [0.05, 0.1) is 0 Å². The number of rotatable bonds is 4. The zero-order valence-electron chi connectivity index (χ0n) is 11.4. The van der Waals surface area contributed by atoms with E-state index in [0.717, 1.165) is 12.8 Å². The first-order valence-electron chi connectivity index (χ1n) is 6.66. The number of likely N-dealkylation sites (tertiary alicyclic amines) is 1. The minimum atomic E-state index is -0.802. The maximum Gasteiger partial charge on any atom is 0.303 e. The van der Waals surface area contributed by atoms with Gasteiger partial charge in [0.25, 0.3) is 5.91 Å².